The summed E-state index contributed by atoms with van der Waals surface area (Å²) in [7, 11) is 1.69. The van der Waals surface area contributed by atoms with Crippen molar-refractivity contribution in [3.63, 3.8) is 0 Å². The maximum absolute atomic E-state index is 11.2. The van der Waals surface area contributed by atoms with E-state index in [4.69, 9.17) is 9.47 Å². The van der Waals surface area contributed by atoms with Gasteiger partial charge in [-0.3, -0.25) is 4.79 Å². The smallest absolute Gasteiger partial charge is 0.219 e. The van der Waals surface area contributed by atoms with Gasteiger partial charge in [-0.05, 0) is 32.2 Å². The number of carbonyl (C=O) groups excluding carboxylic acids is 1. The molecule has 1 saturated heterocycles. The zero-order valence-corrected chi connectivity index (χ0v) is 12.3. The molecule has 1 aliphatic rings. The summed E-state index contributed by atoms with van der Waals surface area (Å²) >= 11 is 0. The Bertz CT molecular complexity index is 241. The molecule has 0 bridgehead atoms. The third kappa shape index (κ3) is 7.50. The first-order chi connectivity index (χ1) is 9.24. The number of rotatable bonds is 9. The molecule has 0 aromatic rings. The summed E-state index contributed by atoms with van der Waals surface area (Å²) in [5.74, 6) is 0.201. The predicted octanol–water partition coefficient (Wildman–Crippen LogP) is 1.03. The molecule has 112 valence electrons. The SMILES string of the molecule is COCCOCCCCNC1CCN(C(C)=O)CC1. The van der Waals surface area contributed by atoms with Gasteiger partial charge >= 0.3 is 0 Å². The standard InChI is InChI=1S/C14H28N2O3/c1-13(17)16-8-5-14(6-9-16)15-7-3-4-10-19-12-11-18-2/h14-15H,3-12H2,1-2H3. The van der Waals surface area contributed by atoms with Crippen LogP contribution >= 0.6 is 0 Å². The normalized spacial score (nSPS) is 16.8. The van der Waals surface area contributed by atoms with Crippen molar-refractivity contribution in [1.29, 1.82) is 0 Å². The summed E-state index contributed by atoms with van der Waals surface area (Å²) in [5, 5.41) is 3.56. The Morgan fingerprint density at radius 3 is 2.58 bits per heavy atom. The molecule has 1 rings (SSSR count). The Kier molecular flexibility index (Phi) is 8.79. The zero-order chi connectivity index (χ0) is 13.9. The van der Waals surface area contributed by atoms with E-state index in [1.807, 2.05) is 4.90 Å². The van der Waals surface area contributed by atoms with Crippen LogP contribution in [0.4, 0.5) is 0 Å². The zero-order valence-electron chi connectivity index (χ0n) is 12.3. The minimum absolute atomic E-state index is 0.201. The lowest BCUT2D eigenvalue weighted by Gasteiger charge is -2.31. The number of amides is 1. The van der Waals surface area contributed by atoms with E-state index in [0.717, 1.165) is 51.9 Å². The Balaban J connectivity index is 1.89. The monoisotopic (exact) mass is 272 g/mol. The topological polar surface area (TPSA) is 50.8 Å². The second-order valence-electron chi connectivity index (χ2n) is 5.05. The lowest BCUT2D eigenvalue weighted by Crippen LogP contribution is -2.44. The molecule has 0 unspecified atom stereocenters. The van der Waals surface area contributed by atoms with E-state index in [-0.39, 0.29) is 5.91 Å². The lowest BCUT2D eigenvalue weighted by molar-refractivity contribution is -0.129. The van der Waals surface area contributed by atoms with Crippen molar-refractivity contribution in [2.45, 2.75) is 38.6 Å². The van der Waals surface area contributed by atoms with Gasteiger partial charge in [0.2, 0.25) is 5.91 Å². The third-order valence-corrected chi connectivity index (χ3v) is 3.52. The fourth-order valence-corrected chi connectivity index (χ4v) is 2.28. The molecule has 1 aliphatic heterocycles. The molecule has 1 fully saturated rings. The molecule has 1 N–H and O–H groups in total. The van der Waals surface area contributed by atoms with Crippen molar-refractivity contribution in [2.75, 3.05) is 46.6 Å². The van der Waals surface area contributed by atoms with Gasteiger partial charge in [-0.1, -0.05) is 0 Å². The molecule has 0 aliphatic carbocycles. The maximum atomic E-state index is 11.2. The van der Waals surface area contributed by atoms with Crippen LogP contribution in [0, 0.1) is 0 Å². The maximum Gasteiger partial charge on any atom is 0.219 e. The fraction of sp³-hybridized carbons (Fsp3) is 0.929. The number of hydrogen-bond donors (Lipinski definition) is 1. The van der Waals surface area contributed by atoms with Crippen LogP contribution in [0.2, 0.25) is 0 Å². The average molecular weight is 272 g/mol. The summed E-state index contributed by atoms with van der Waals surface area (Å²) < 4.78 is 10.3. The lowest BCUT2D eigenvalue weighted by atomic mass is 10.0. The summed E-state index contributed by atoms with van der Waals surface area (Å²) in [6.07, 6.45) is 4.37. The number of ether oxygens (including phenoxy) is 2. The van der Waals surface area contributed by atoms with E-state index < -0.39 is 0 Å². The number of likely N-dealkylation sites (tertiary alicyclic amines) is 1. The first-order valence-electron chi connectivity index (χ1n) is 7.29. The summed E-state index contributed by atoms with van der Waals surface area (Å²) in [6, 6.07) is 0.574. The highest BCUT2D eigenvalue weighted by atomic mass is 16.5. The van der Waals surface area contributed by atoms with Gasteiger partial charge in [0.1, 0.15) is 0 Å². The molecule has 0 saturated carbocycles. The first-order valence-corrected chi connectivity index (χ1v) is 7.29. The molecule has 0 spiro atoms. The van der Waals surface area contributed by atoms with Gasteiger partial charge in [-0.25, -0.2) is 0 Å². The second kappa shape index (κ2) is 10.2. The predicted molar refractivity (Wildman–Crippen MR) is 75.2 cm³/mol. The van der Waals surface area contributed by atoms with E-state index in [1.165, 1.54) is 0 Å². The van der Waals surface area contributed by atoms with Crippen molar-refractivity contribution in [1.82, 2.24) is 10.2 Å². The Hall–Kier alpha value is -0.650. The Morgan fingerprint density at radius 2 is 1.95 bits per heavy atom. The second-order valence-corrected chi connectivity index (χ2v) is 5.05. The molecule has 1 amide bonds. The number of methoxy groups -OCH3 is 1. The Labute approximate surface area is 116 Å². The molecule has 1 heterocycles. The molecular formula is C14H28N2O3. The summed E-state index contributed by atoms with van der Waals surface area (Å²) in [6.45, 7) is 6.66. The van der Waals surface area contributed by atoms with Gasteiger partial charge in [0, 0.05) is 39.8 Å². The number of unbranched alkanes of at least 4 members (excludes halogenated alkanes) is 1. The minimum Gasteiger partial charge on any atom is -0.382 e. The number of nitrogens with one attached hydrogen (secondary N) is 1. The van der Waals surface area contributed by atoms with E-state index in [1.54, 1.807) is 14.0 Å². The van der Waals surface area contributed by atoms with Crippen molar-refractivity contribution >= 4 is 5.91 Å². The summed E-state index contributed by atoms with van der Waals surface area (Å²) in [4.78, 5) is 13.1. The highest BCUT2D eigenvalue weighted by molar-refractivity contribution is 5.73. The molecular weight excluding hydrogens is 244 g/mol. The van der Waals surface area contributed by atoms with Gasteiger partial charge in [-0.15, -0.1) is 0 Å². The highest BCUT2D eigenvalue weighted by Crippen LogP contribution is 2.10. The van der Waals surface area contributed by atoms with Crippen LogP contribution in [0.1, 0.15) is 32.6 Å². The summed E-state index contributed by atoms with van der Waals surface area (Å²) in [5.41, 5.74) is 0. The average Bonchev–Trinajstić information content (AvgIpc) is 2.42. The molecule has 5 nitrogen and oxygen atoms in total. The van der Waals surface area contributed by atoms with E-state index >= 15 is 0 Å². The number of hydrogen-bond acceptors (Lipinski definition) is 4. The van der Waals surface area contributed by atoms with Gasteiger partial charge in [0.15, 0.2) is 0 Å². The van der Waals surface area contributed by atoms with E-state index in [9.17, 15) is 4.79 Å². The van der Waals surface area contributed by atoms with Gasteiger partial charge < -0.3 is 19.7 Å². The fourth-order valence-electron chi connectivity index (χ4n) is 2.28. The van der Waals surface area contributed by atoms with Crippen LogP contribution < -0.4 is 5.32 Å². The largest absolute Gasteiger partial charge is 0.382 e. The van der Waals surface area contributed by atoms with Crippen LogP contribution in [0.3, 0.4) is 0 Å². The first kappa shape index (κ1) is 16.4. The van der Waals surface area contributed by atoms with Gasteiger partial charge in [0.05, 0.1) is 13.2 Å². The minimum atomic E-state index is 0.201. The van der Waals surface area contributed by atoms with Crippen LogP contribution in [0.5, 0.6) is 0 Å². The van der Waals surface area contributed by atoms with Crippen LogP contribution in [-0.4, -0.2) is 63.4 Å². The quantitative estimate of drug-likeness (QED) is 0.637. The number of carbonyl (C=O) groups is 1. The van der Waals surface area contributed by atoms with Gasteiger partial charge in [0.25, 0.3) is 0 Å². The molecule has 19 heavy (non-hydrogen) atoms. The van der Waals surface area contributed by atoms with Crippen LogP contribution in [-0.2, 0) is 14.3 Å². The molecule has 0 radical (unpaired) electrons. The molecule has 0 aromatic heterocycles. The van der Waals surface area contributed by atoms with Crippen LogP contribution in [0.15, 0.2) is 0 Å². The number of nitrogens with zero attached hydrogens (tertiary/aromatic N) is 1. The van der Waals surface area contributed by atoms with Crippen molar-refractivity contribution < 1.29 is 14.3 Å². The Morgan fingerprint density at radius 1 is 1.21 bits per heavy atom. The van der Waals surface area contributed by atoms with Gasteiger partial charge in [-0.2, -0.15) is 0 Å². The van der Waals surface area contributed by atoms with Crippen LogP contribution in [0.25, 0.3) is 0 Å². The van der Waals surface area contributed by atoms with Crippen molar-refractivity contribution in [3.8, 4) is 0 Å². The van der Waals surface area contributed by atoms with E-state index in [2.05, 4.69) is 5.32 Å². The van der Waals surface area contributed by atoms with Crippen molar-refractivity contribution in [2.24, 2.45) is 0 Å². The third-order valence-electron chi connectivity index (χ3n) is 3.52. The van der Waals surface area contributed by atoms with Crippen molar-refractivity contribution in [3.05, 3.63) is 0 Å². The molecule has 5 heteroatoms. The van der Waals surface area contributed by atoms with E-state index in [0.29, 0.717) is 19.3 Å². The number of piperidine rings is 1. The highest BCUT2D eigenvalue weighted by Gasteiger charge is 2.19. The molecule has 0 aromatic carbocycles. The molecule has 0 atom stereocenters.